The maximum Gasteiger partial charge on any atom is 0.160 e. The van der Waals surface area contributed by atoms with Crippen molar-refractivity contribution < 1.29 is 4.39 Å². The second kappa shape index (κ2) is 2.84. The number of hydrogen-bond donors (Lipinski definition) is 1. The van der Waals surface area contributed by atoms with E-state index >= 15 is 0 Å². The Labute approximate surface area is 85.6 Å². The van der Waals surface area contributed by atoms with Gasteiger partial charge in [0, 0.05) is 5.54 Å². The Hall–Kier alpha value is -0.310. The molecule has 0 spiro atoms. The topological polar surface area (TPSA) is 26.0 Å². The fourth-order valence-corrected chi connectivity index (χ4v) is 1.75. The van der Waals surface area contributed by atoms with Gasteiger partial charge in [-0.1, -0.05) is 23.2 Å². The molecule has 0 radical (unpaired) electrons. The van der Waals surface area contributed by atoms with E-state index < -0.39 is 5.82 Å². The predicted octanol–water partition coefficient (Wildman–Crippen LogP) is 3.08. The summed E-state index contributed by atoms with van der Waals surface area (Å²) in [6.07, 6.45) is 1.82. The molecule has 4 heteroatoms. The summed E-state index contributed by atoms with van der Waals surface area (Å²) in [5.41, 5.74) is 6.42. The molecule has 0 amide bonds. The fourth-order valence-electron chi connectivity index (χ4n) is 1.27. The Morgan fingerprint density at radius 2 is 1.69 bits per heavy atom. The van der Waals surface area contributed by atoms with Gasteiger partial charge in [0.15, 0.2) is 5.82 Å². The molecule has 70 valence electrons. The van der Waals surface area contributed by atoms with E-state index in [2.05, 4.69) is 0 Å². The van der Waals surface area contributed by atoms with Gasteiger partial charge >= 0.3 is 0 Å². The third-order valence-electron chi connectivity index (χ3n) is 2.35. The van der Waals surface area contributed by atoms with E-state index in [9.17, 15) is 4.39 Å². The van der Waals surface area contributed by atoms with Crippen LogP contribution in [0.15, 0.2) is 12.1 Å². The normalized spacial score (nSPS) is 18.8. The molecule has 0 bridgehead atoms. The zero-order valence-electron chi connectivity index (χ0n) is 6.78. The van der Waals surface area contributed by atoms with E-state index in [4.69, 9.17) is 28.9 Å². The Kier molecular flexibility index (Phi) is 2.02. The number of hydrogen-bond acceptors (Lipinski definition) is 1. The van der Waals surface area contributed by atoms with Crippen LogP contribution in [0.4, 0.5) is 4.39 Å². The first kappa shape index (κ1) is 9.25. The molecule has 1 fully saturated rings. The number of halogens is 3. The summed E-state index contributed by atoms with van der Waals surface area (Å²) in [4.78, 5) is 0. The average molecular weight is 220 g/mol. The fraction of sp³-hybridized carbons (Fsp3) is 0.333. The molecular formula is C9H8Cl2FN. The lowest BCUT2D eigenvalue weighted by Crippen LogP contribution is -2.18. The highest BCUT2D eigenvalue weighted by Crippen LogP contribution is 2.44. The summed E-state index contributed by atoms with van der Waals surface area (Å²) in [6, 6.07) is 3.10. The van der Waals surface area contributed by atoms with Gasteiger partial charge < -0.3 is 5.73 Å². The first-order valence-electron chi connectivity index (χ1n) is 3.97. The van der Waals surface area contributed by atoms with E-state index in [1.54, 1.807) is 12.1 Å². The van der Waals surface area contributed by atoms with Gasteiger partial charge in [-0.3, -0.25) is 0 Å². The molecular weight excluding hydrogens is 212 g/mol. The van der Waals surface area contributed by atoms with Crippen LogP contribution in [0.2, 0.25) is 10.0 Å². The third-order valence-corrected chi connectivity index (χ3v) is 2.90. The summed E-state index contributed by atoms with van der Waals surface area (Å²) in [5, 5.41) is 0.0819. The van der Waals surface area contributed by atoms with Crippen LogP contribution in [0.1, 0.15) is 18.4 Å². The SMILES string of the molecule is NC1(c2cc(Cl)c(F)c(Cl)c2)CC1. The number of nitrogens with two attached hydrogens (primary N) is 1. The zero-order chi connectivity index (χ0) is 9.64. The molecule has 1 saturated carbocycles. The van der Waals surface area contributed by atoms with Gasteiger partial charge in [0.05, 0.1) is 10.0 Å². The van der Waals surface area contributed by atoms with Crippen molar-refractivity contribution in [2.24, 2.45) is 5.73 Å². The van der Waals surface area contributed by atoms with Crippen molar-refractivity contribution >= 4 is 23.2 Å². The van der Waals surface area contributed by atoms with Crippen molar-refractivity contribution in [1.82, 2.24) is 0 Å². The highest BCUT2D eigenvalue weighted by atomic mass is 35.5. The van der Waals surface area contributed by atoms with Crippen LogP contribution in [0.5, 0.6) is 0 Å². The zero-order valence-corrected chi connectivity index (χ0v) is 8.29. The highest BCUT2D eigenvalue weighted by molar-refractivity contribution is 6.35. The van der Waals surface area contributed by atoms with Crippen LogP contribution in [0.3, 0.4) is 0 Å². The molecule has 0 saturated heterocycles. The minimum atomic E-state index is -0.573. The molecule has 0 aliphatic heterocycles. The Morgan fingerprint density at radius 1 is 1.23 bits per heavy atom. The van der Waals surface area contributed by atoms with Crippen molar-refractivity contribution in [2.75, 3.05) is 0 Å². The van der Waals surface area contributed by atoms with Gasteiger partial charge in [-0.15, -0.1) is 0 Å². The summed E-state index contributed by atoms with van der Waals surface area (Å²) in [7, 11) is 0. The molecule has 0 unspecified atom stereocenters. The van der Waals surface area contributed by atoms with E-state index in [0.29, 0.717) is 0 Å². The lowest BCUT2D eigenvalue weighted by molar-refractivity contribution is 0.625. The van der Waals surface area contributed by atoms with Crippen molar-refractivity contribution in [3.05, 3.63) is 33.6 Å². The standard InChI is InChI=1S/C9H8Cl2FN/c10-6-3-5(9(13)1-2-9)4-7(11)8(6)12/h3-4H,1-2,13H2. The first-order chi connectivity index (χ1) is 6.03. The van der Waals surface area contributed by atoms with E-state index in [1.807, 2.05) is 0 Å². The minimum absolute atomic E-state index is 0.0409. The summed E-state index contributed by atoms with van der Waals surface area (Å²) in [6.45, 7) is 0. The van der Waals surface area contributed by atoms with Crippen LogP contribution in [-0.4, -0.2) is 0 Å². The highest BCUT2D eigenvalue weighted by Gasteiger charge is 2.40. The smallest absolute Gasteiger partial charge is 0.160 e. The Balaban J connectivity index is 2.50. The van der Waals surface area contributed by atoms with Gasteiger partial charge in [-0.2, -0.15) is 0 Å². The van der Waals surface area contributed by atoms with Crippen LogP contribution in [0, 0.1) is 5.82 Å². The quantitative estimate of drug-likeness (QED) is 0.723. The Bertz CT molecular complexity index is 338. The lowest BCUT2D eigenvalue weighted by atomic mass is 10.1. The molecule has 0 heterocycles. The van der Waals surface area contributed by atoms with E-state index in [-0.39, 0.29) is 15.6 Å². The van der Waals surface area contributed by atoms with Crippen molar-refractivity contribution in [2.45, 2.75) is 18.4 Å². The van der Waals surface area contributed by atoms with Crippen LogP contribution in [-0.2, 0) is 5.54 Å². The molecule has 1 aromatic rings. The largest absolute Gasteiger partial charge is 0.321 e. The van der Waals surface area contributed by atoms with Crippen LogP contribution < -0.4 is 5.73 Å². The molecule has 0 aromatic heterocycles. The average Bonchev–Trinajstić information content (AvgIpc) is 2.80. The Morgan fingerprint density at radius 3 is 2.08 bits per heavy atom. The van der Waals surface area contributed by atoms with Crippen LogP contribution in [0.25, 0.3) is 0 Å². The molecule has 1 aromatic carbocycles. The first-order valence-corrected chi connectivity index (χ1v) is 4.72. The van der Waals surface area contributed by atoms with Gasteiger partial charge in [0.25, 0.3) is 0 Å². The second-order valence-corrected chi connectivity index (χ2v) is 4.22. The summed E-state index contributed by atoms with van der Waals surface area (Å²) >= 11 is 11.3. The molecule has 1 aliphatic carbocycles. The summed E-state index contributed by atoms with van der Waals surface area (Å²) in [5.74, 6) is -0.573. The monoisotopic (exact) mass is 219 g/mol. The van der Waals surface area contributed by atoms with Gasteiger partial charge in [-0.05, 0) is 30.5 Å². The van der Waals surface area contributed by atoms with Gasteiger partial charge in [-0.25, -0.2) is 4.39 Å². The maximum absolute atomic E-state index is 13.0. The molecule has 0 atom stereocenters. The predicted molar refractivity (Wildman–Crippen MR) is 51.5 cm³/mol. The van der Waals surface area contributed by atoms with Crippen molar-refractivity contribution in [1.29, 1.82) is 0 Å². The van der Waals surface area contributed by atoms with Gasteiger partial charge in [0.1, 0.15) is 0 Å². The van der Waals surface area contributed by atoms with E-state index in [0.717, 1.165) is 18.4 Å². The van der Waals surface area contributed by atoms with E-state index in [1.165, 1.54) is 0 Å². The second-order valence-electron chi connectivity index (χ2n) is 3.41. The minimum Gasteiger partial charge on any atom is -0.321 e. The summed E-state index contributed by atoms with van der Waals surface area (Å²) < 4.78 is 13.0. The lowest BCUT2D eigenvalue weighted by Gasteiger charge is -2.10. The molecule has 1 aliphatic rings. The van der Waals surface area contributed by atoms with Crippen molar-refractivity contribution in [3.63, 3.8) is 0 Å². The molecule has 2 rings (SSSR count). The molecule has 2 N–H and O–H groups in total. The molecule has 1 nitrogen and oxygen atoms in total. The number of benzene rings is 1. The van der Waals surface area contributed by atoms with Crippen molar-refractivity contribution in [3.8, 4) is 0 Å². The maximum atomic E-state index is 13.0. The van der Waals surface area contributed by atoms with Gasteiger partial charge in [0.2, 0.25) is 0 Å². The molecule has 13 heavy (non-hydrogen) atoms. The third kappa shape index (κ3) is 1.54. The van der Waals surface area contributed by atoms with Crippen LogP contribution >= 0.6 is 23.2 Å². The number of rotatable bonds is 1.